The summed E-state index contributed by atoms with van der Waals surface area (Å²) in [5.74, 6) is 0.510. The molecule has 2 aromatic rings. The summed E-state index contributed by atoms with van der Waals surface area (Å²) in [6, 6.07) is 6.22. The molecule has 0 bridgehead atoms. The molecule has 1 aromatic carbocycles. The van der Waals surface area contributed by atoms with E-state index >= 15 is 0 Å². The zero-order chi connectivity index (χ0) is 19.5. The first-order chi connectivity index (χ1) is 12.0. The Morgan fingerprint density at radius 1 is 1.12 bits per heavy atom. The van der Waals surface area contributed by atoms with E-state index in [1.165, 1.54) is 16.9 Å². The normalized spacial score (nSPS) is 12.1. The molecule has 0 aliphatic carbocycles. The molecule has 1 N–H and O–H groups in total. The highest BCUT2D eigenvalue weighted by Crippen LogP contribution is 2.35. The minimum absolute atomic E-state index is 0.0566. The van der Waals surface area contributed by atoms with Crippen LogP contribution in [-0.4, -0.2) is 22.7 Å². The first kappa shape index (κ1) is 20.4. The van der Waals surface area contributed by atoms with Crippen LogP contribution >= 0.6 is 11.3 Å². The number of aromatic nitrogens is 2. The van der Waals surface area contributed by atoms with Crippen LogP contribution in [0, 0.1) is 0 Å². The standard InChI is InChI=1S/C20H29N3O2S/c1-8-17-22-23-18(26-17)21-16(24)12-25-15-10-9-13(19(2,3)4)11-14(15)20(5,6)7/h9-11H,8,12H2,1-7H3,(H,21,23,24). The first-order valence-electron chi connectivity index (χ1n) is 8.90. The second kappa shape index (κ2) is 7.74. The van der Waals surface area contributed by atoms with Crippen LogP contribution in [0.3, 0.4) is 0 Å². The van der Waals surface area contributed by atoms with Gasteiger partial charge in [0.05, 0.1) is 0 Å². The van der Waals surface area contributed by atoms with E-state index in [0.29, 0.717) is 5.13 Å². The summed E-state index contributed by atoms with van der Waals surface area (Å²) in [4.78, 5) is 12.2. The van der Waals surface area contributed by atoms with E-state index in [0.717, 1.165) is 22.7 Å². The lowest BCUT2D eigenvalue weighted by Crippen LogP contribution is -2.22. The molecule has 0 unspecified atom stereocenters. The van der Waals surface area contributed by atoms with Crippen LogP contribution < -0.4 is 10.1 Å². The van der Waals surface area contributed by atoms with Crippen molar-refractivity contribution < 1.29 is 9.53 Å². The summed E-state index contributed by atoms with van der Waals surface area (Å²) in [6.07, 6.45) is 0.805. The third-order valence-electron chi connectivity index (χ3n) is 4.03. The largest absolute Gasteiger partial charge is 0.483 e. The first-order valence-corrected chi connectivity index (χ1v) is 9.72. The van der Waals surface area contributed by atoms with Gasteiger partial charge in [0.15, 0.2) is 6.61 Å². The van der Waals surface area contributed by atoms with Gasteiger partial charge in [-0.2, -0.15) is 0 Å². The molecule has 0 spiro atoms. The van der Waals surface area contributed by atoms with Crippen molar-refractivity contribution in [1.29, 1.82) is 0 Å². The van der Waals surface area contributed by atoms with Gasteiger partial charge in [-0.1, -0.05) is 71.9 Å². The number of benzene rings is 1. The molecule has 1 heterocycles. The number of nitrogens with zero attached hydrogens (tertiary/aromatic N) is 2. The van der Waals surface area contributed by atoms with Crippen molar-refractivity contribution in [2.45, 2.75) is 65.7 Å². The van der Waals surface area contributed by atoms with E-state index in [2.05, 4.69) is 69.2 Å². The van der Waals surface area contributed by atoms with Crippen LogP contribution in [0.25, 0.3) is 0 Å². The van der Waals surface area contributed by atoms with Crippen LogP contribution in [0.4, 0.5) is 5.13 Å². The predicted octanol–water partition coefficient (Wildman–Crippen LogP) is 4.71. The van der Waals surface area contributed by atoms with Gasteiger partial charge in [0.2, 0.25) is 5.13 Å². The minimum Gasteiger partial charge on any atom is -0.483 e. The van der Waals surface area contributed by atoms with E-state index in [1.54, 1.807) is 0 Å². The Bertz CT molecular complexity index is 770. The van der Waals surface area contributed by atoms with Gasteiger partial charge in [0.25, 0.3) is 5.91 Å². The van der Waals surface area contributed by atoms with Crippen LogP contribution in [-0.2, 0) is 22.0 Å². The van der Waals surface area contributed by atoms with Gasteiger partial charge in [-0.05, 0) is 34.4 Å². The minimum atomic E-state index is -0.233. The molecule has 0 saturated carbocycles. The van der Waals surface area contributed by atoms with Gasteiger partial charge in [0.1, 0.15) is 10.8 Å². The Labute approximate surface area is 160 Å². The molecule has 0 aliphatic heterocycles. The molecule has 0 fully saturated rings. The average molecular weight is 376 g/mol. The van der Waals surface area contributed by atoms with Crippen molar-refractivity contribution in [2.24, 2.45) is 0 Å². The van der Waals surface area contributed by atoms with E-state index in [9.17, 15) is 4.79 Å². The molecule has 0 aliphatic rings. The third kappa shape index (κ3) is 5.27. The second-order valence-electron chi connectivity index (χ2n) is 8.40. The summed E-state index contributed by atoms with van der Waals surface area (Å²) in [5, 5.41) is 12.1. The summed E-state index contributed by atoms with van der Waals surface area (Å²) in [5.41, 5.74) is 2.33. The third-order valence-corrected chi connectivity index (χ3v) is 5.01. The Balaban J connectivity index is 2.11. The number of carbonyl (C=O) groups is 1. The van der Waals surface area contributed by atoms with E-state index in [-0.39, 0.29) is 23.3 Å². The molecule has 6 heteroatoms. The molecule has 26 heavy (non-hydrogen) atoms. The number of rotatable bonds is 5. The highest BCUT2D eigenvalue weighted by atomic mass is 32.1. The molecule has 0 radical (unpaired) electrons. The lowest BCUT2D eigenvalue weighted by atomic mass is 9.80. The Hall–Kier alpha value is -1.95. The Kier molecular flexibility index (Phi) is 6.06. The summed E-state index contributed by atoms with van der Waals surface area (Å²) >= 11 is 1.39. The van der Waals surface area contributed by atoms with Crippen LogP contribution in [0.5, 0.6) is 5.75 Å². The molecular weight excluding hydrogens is 346 g/mol. The fourth-order valence-electron chi connectivity index (χ4n) is 2.45. The van der Waals surface area contributed by atoms with Gasteiger partial charge in [-0.15, -0.1) is 10.2 Å². The van der Waals surface area contributed by atoms with E-state index in [1.807, 2.05) is 13.0 Å². The number of ether oxygens (including phenoxy) is 1. The van der Waals surface area contributed by atoms with Crippen molar-refractivity contribution in [3.63, 3.8) is 0 Å². The van der Waals surface area contributed by atoms with Crippen molar-refractivity contribution in [1.82, 2.24) is 10.2 Å². The van der Waals surface area contributed by atoms with E-state index in [4.69, 9.17) is 4.74 Å². The maximum Gasteiger partial charge on any atom is 0.264 e. The fraction of sp³-hybridized carbons (Fsp3) is 0.550. The fourth-order valence-corrected chi connectivity index (χ4v) is 3.15. The predicted molar refractivity (Wildman–Crippen MR) is 107 cm³/mol. The Morgan fingerprint density at radius 2 is 1.81 bits per heavy atom. The molecular formula is C20H29N3O2S. The van der Waals surface area contributed by atoms with Gasteiger partial charge >= 0.3 is 0 Å². The van der Waals surface area contributed by atoms with Crippen LogP contribution in [0.15, 0.2) is 18.2 Å². The topological polar surface area (TPSA) is 64.1 Å². The van der Waals surface area contributed by atoms with Gasteiger partial charge in [-0.25, -0.2) is 0 Å². The van der Waals surface area contributed by atoms with Gasteiger partial charge in [-0.3, -0.25) is 10.1 Å². The molecule has 142 valence electrons. The second-order valence-corrected chi connectivity index (χ2v) is 9.46. The monoisotopic (exact) mass is 375 g/mol. The maximum atomic E-state index is 12.2. The SMILES string of the molecule is CCc1nnc(NC(=O)COc2ccc(C(C)(C)C)cc2C(C)(C)C)s1. The lowest BCUT2D eigenvalue weighted by Gasteiger charge is -2.27. The Morgan fingerprint density at radius 3 is 2.35 bits per heavy atom. The van der Waals surface area contributed by atoms with Crippen molar-refractivity contribution in [3.8, 4) is 5.75 Å². The van der Waals surface area contributed by atoms with Crippen LogP contribution in [0.2, 0.25) is 0 Å². The summed E-state index contributed by atoms with van der Waals surface area (Å²) in [6.45, 7) is 15.0. The molecule has 2 rings (SSSR count). The number of aryl methyl sites for hydroxylation is 1. The summed E-state index contributed by atoms with van der Waals surface area (Å²) in [7, 11) is 0. The number of nitrogens with one attached hydrogen (secondary N) is 1. The number of carbonyl (C=O) groups excluding carboxylic acids is 1. The molecule has 0 saturated heterocycles. The zero-order valence-electron chi connectivity index (χ0n) is 16.8. The molecule has 5 nitrogen and oxygen atoms in total. The quantitative estimate of drug-likeness (QED) is 0.822. The number of anilines is 1. The highest BCUT2D eigenvalue weighted by molar-refractivity contribution is 7.15. The number of amides is 1. The van der Waals surface area contributed by atoms with Crippen molar-refractivity contribution in [3.05, 3.63) is 34.3 Å². The van der Waals surface area contributed by atoms with Crippen LogP contribution in [0.1, 0.15) is 64.6 Å². The lowest BCUT2D eigenvalue weighted by molar-refractivity contribution is -0.118. The zero-order valence-corrected chi connectivity index (χ0v) is 17.6. The molecule has 0 atom stereocenters. The number of hydrogen-bond acceptors (Lipinski definition) is 5. The summed E-state index contributed by atoms with van der Waals surface area (Å²) < 4.78 is 5.84. The van der Waals surface area contributed by atoms with Gasteiger partial charge < -0.3 is 4.74 Å². The van der Waals surface area contributed by atoms with Crippen molar-refractivity contribution in [2.75, 3.05) is 11.9 Å². The maximum absolute atomic E-state index is 12.2. The number of hydrogen-bond donors (Lipinski definition) is 1. The smallest absolute Gasteiger partial charge is 0.264 e. The molecule has 1 amide bonds. The van der Waals surface area contributed by atoms with Crippen molar-refractivity contribution >= 4 is 22.4 Å². The van der Waals surface area contributed by atoms with E-state index < -0.39 is 0 Å². The highest BCUT2D eigenvalue weighted by Gasteiger charge is 2.23. The average Bonchev–Trinajstić information content (AvgIpc) is 2.98. The molecule has 1 aromatic heterocycles. The van der Waals surface area contributed by atoms with Gasteiger partial charge in [0, 0.05) is 0 Å².